The minimum absolute atomic E-state index is 0.00115. The number of carbonyl (C=O) groups excluding carboxylic acids is 1. The van der Waals surface area contributed by atoms with Gasteiger partial charge >= 0.3 is 0 Å². The normalized spacial score (nSPS) is 36.8. The van der Waals surface area contributed by atoms with Crippen LogP contribution in [-0.4, -0.2) is 11.6 Å². The Hall–Kier alpha value is -0.860. The average Bonchev–Trinajstić information content (AvgIpc) is 2.57. The van der Waals surface area contributed by atoms with Gasteiger partial charge in [0.05, 0.1) is 0 Å². The van der Waals surface area contributed by atoms with Crippen LogP contribution >= 0.6 is 0 Å². The Kier molecular flexibility index (Phi) is 2.83. The van der Waals surface area contributed by atoms with Gasteiger partial charge in [-0.2, -0.15) is 5.10 Å². The van der Waals surface area contributed by atoms with Crippen molar-refractivity contribution in [3.8, 4) is 0 Å². The molecule has 2 atom stereocenters. The Bertz CT molecular complexity index is 370. The minimum atomic E-state index is -0.00115. The highest BCUT2D eigenvalue weighted by Crippen LogP contribution is 2.63. The lowest BCUT2D eigenvalue weighted by molar-refractivity contribution is -0.123. The Morgan fingerprint density at radius 1 is 1.41 bits per heavy atom. The molecule has 0 unspecified atom stereocenters. The van der Waals surface area contributed by atoms with Crippen LogP contribution in [0.4, 0.5) is 0 Å². The van der Waals surface area contributed by atoms with E-state index in [1.54, 1.807) is 0 Å². The molecule has 2 fully saturated rings. The third kappa shape index (κ3) is 1.71. The van der Waals surface area contributed by atoms with Crippen LogP contribution in [0, 0.1) is 22.7 Å². The molecule has 17 heavy (non-hydrogen) atoms. The van der Waals surface area contributed by atoms with E-state index >= 15 is 0 Å². The number of fused-ring (bicyclic) bond motifs is 2. The predicted molar refractivity (Wildman–Crippen MR) is 69.6 cm³/mol. The zero-order valence-electron chi connectivity index (χ0n) is 11.6. The number of hydrogen-bond acceptors (Lipinski definition) is 2. The third-order valence-corrected chi connectivity index (χ3v) is 5.34. The van der Waals surface area contributed by atoms with Crippen LogP contribution in [0.15, 0.2) is 5.10 Å². The highest BCUT2D eigenvalue weighted by Gasteiger charge is 2.59. The Labute approximate surface area is 104 Å². The summed E-state index contributed by atoms with van der Waals surface area (Å²) in [5, 5.41) is 4.41. The van der Waals surface area contributed by atoms with E-state index < -0.39 is 0 Å². The zero-order valence-corrected chi connectivity index (χ0v) is 11.6. The van der Waals surface area contributed by atoms with Crippen molar-refractivity contribution in [2.24, 2.45) is 27.8 Å². The fourth-order valence-electron chi connectivity index (χ4n) is 3.35. The summed E-state index contributed by atoms with van der Waals surface area (Å²) >= 11 is 0. The summed E-state index contributed by atoms with van der Waals surface area (Å²) in [7, 11) is 0. The monoisotopic (exact) mass is 236 g/mol. The summed E-state index contributed by atoms with van der Waals surface area (Å²) in [6.07, 6.45) is 3.57. The van der Waals surface area contributed by atoms with Crippen LogP contribution in [0.25, 0.3) is 0 Å². The van der Waals surface area contributed by atoms with Gasteiger partial charge in [-0.3, -0.25) is 4.79 Å². The number of nitrogens with zero attached hydrogens (tertiary/aromatic N) is 1. The molecule has 0 aromatic rings. The Morgan fingerprint density at radius 3 is 2.47 bits per heavy atom. The van der Waals surface area contributed by atoms with Crippen molar-refractivity contribution in [2.75, 3.05) is 0 Å². The van der Waals surface area contributed by atoms with E-state index in [0.29, 0.717) is 5.41 Å². The van der Waals surface area contributed by atoms with E-state index in [-0.39, 0.29) is 17.2 Å². The van der Waals surface area contributed by atoms with E-state index in [1.165, 1.54) is 18.6 Å². The first-order valence-electron chi connectivity index (χ1n) is 6.66. The van der Waals surface area contributed by atoms with Gasteiger partial charge in [-0.25, -0.2) is 5.43 Å². The summed E-state index contributed by atoms with van der Waals surface area (Å²) in [4.78, 5) is 11.6. The van der Waals surface area contributed by atoms with Crippen molar-refractivity contribution in [3.05, 3.63) is 0 Å². The van der Waals surface area contributed by atoms with Crippen LogP contribution in [0.2, 0.25) is 0 Å². The second-order valence-electron chi connectivity index (χ2n) is 6.68. The van der Waals surface area contributed by atoms with Gasteiger partial charge in [-0.15, -0.1) is 0 Å². The molecule has 1 amide bonds. The Morgan fingerprint density at radius 2 is 2.06 bits per heavy atom. The number of nitrogens with one attached hydrogen (secondary N) is 1. The van der Waals surface area contributed by atoms with Gasteiger partial charge in [-0.1, -0.05) is 34.6 Å². The van der Waals surface area contributed by atoms with Crippen LogP contribution in [0.1, 0.15) is 53.9 Å². The average molecular weight is 236 g/mol. The second-order valence-corrected chi connectivity index (χ2v) is 6.68. The lowest BCUT2D eigenvalue weighted by Crippen LogP contribution is -2.34. The molecule has 0 spiro atoms. The fourth-order valence-corrected chi connectivity index (χ4v) is 3.35. The summed E-state index contributed by atoms with van der Waals surface area (Å²) in [5.41, 5.74) is 4.43. The van der Waals surface area contributed by atoms with Crippen molar-refractivity contribution >= 4 is 11.6 Å². The van der Waals surface area contributed by atoms with Gasteiger partial charge in [0, 0.05) is 17.0 Å². The van der Waals surface area contributed by atoms with Gasteiger partial charge in [0.25, 0.3) is 0 Å². The molecule has 3 heteroatoms. The number of amides is 1. The molecule has 2 aliphatic rings. The molecular formula is C14H24N2O. The maximum absolute atomic E-state index is 11.6. The molecule has 2 aliphatic carbocycles. The SMILES string of the molecule is CC(C)C(=O)N/N=C1\C[C@H]2CC[C@@]1(C)C2(C)C. The molecule has 96 valence electrons. The van der Waals surface area contributed by atoms with Gasteiger partial charge < -0.3 is 0 Å². The lowest BCUT2D eigenvalue weighted by Gasteiger charge is -2.34. The number of rotatable bonds is 2. The molecule has 3 nitrogen and oxygen atoms in total. The van der Waals surface area contributed by atoms with Crippen molar-refractivity contribution in [1.29, 1.82) is 0 Å². The van der Waals surface area contributed by atoms with Gasteiger partial charge in [0.2, 0.25) is 5.91 Å². The molecule has 2 saturated carbocycles. The minimum Gasteiger partial charge on any atom is -0.273 e. The largest absolute Gasteiger partial charge is 0.273 e. The third-order valence-electron chi connectivity index (χ3n) is 5.34. The molecule has 0 aliphatic heterocycles. The number of carbonyl (C=O) groups is 1. The summed E-state index contributed by atoms with van der Waals surface area (Å²) in [5.74, 6) is 0.752. The first-order valence-corrected chi connectivity index (χ1v) is 6.66. The number of hydrogen-bond donors (Lipinski definition) is 1. The van der Waals surface area contributed by atoms with E-state index in [1.807, 2.05) is 13.8 Å². The lowest BCUT2D eigenvalue weighted by atomic mass is 9.70. The van der Waals surface area contributed by atoms with E-state index in [0.717, 1.165) is 12.3 Å². The maximum atomic E-state index is 11.6. The summed E-state index contributed by atoms with van der Waals surface area (Å²) < 4.78 is 0. The molecule has 0 radical (unpaired) electrons. The van der Waals surface area contributed by atoms with Crippen LogP contribution < -0.4 is 5.43 Å². The van der Waals surface area contributed by atoms with Gasteiger partial charge in [-0.05, 0) is 30.6 Å². The van der Waals surface area contributed by atoms with Crippen molar-refractivity contribution in [1.82, 2.24) is 5.43 Å². The van der Waals surface area contributed by atoms with Crippen molar-refractivity contribution in [2.45, 2.75) is 53.9 Å². The standard InChI is InChI=1S/C14H24N2O/c1-9(2)12(17)16-15-11-8-10-6-7-14(11,5)13(10,3)4/h9-10H,6-8H2,1-5H3,(H,16,17)/b15-11+/t10-,14-/m1/s1. The summed E-state index contributed by atoms with van der Waals surface area (Å²) in [6, 6.07) is 0. The fraction of sp³-hybridized carbons (Fsp3) is 0.857. The molecule has 2 bridgehead atoms. The summed E-state index contributed by atoms with van der Waals surface area (Å²) in [6.45, 7) is 10.8. The molecule has 2 rings (SSSR count). The molecule has 0 aromatic carbocycles. The van der Waals surface area contributed by atoms with Crippen LogP contribution in [0.3, 0.4) is 0 Å². The predicted octanol–water partition coefficient (Wildman–Crippen LogP) is 2.96. The van der Waals surface area contributed by atoms with Crippen molar-refractivity contribution < 1.29 is 4.79 Å². The second kappa shape index (κ2) is 3.82. The van der Waals surface area contributed by atoms with E-state index in [9.17, 15) is 4.79 Å². The highest BCUT2D eigenvalue weighted by molar-refractivity contribution is 5.95. The molecule has 1 N–H and O–H groups in total. The Balaban J connectivity index is 2.15. The quantitative estimate of drug-likeness (QED) is 0.736. The van der Waals surface area contributed by atoms with Gasteiger partial charge in [0.1, 0.15) is 0 Å². The van der Waals surface area contributed by atoms with Crippen molar-refractivity contribution in [3.63, 3.8) is 0 Å². The molecule has 0 saturated heterocycles. The molecule has 0 aromatic heterocycles. The highest BCUT2D eigenvalue weighted by atomic mass is 16.2. The van der Waals surface area contributed by atoms with Crippen LogP contribution in [0.5, 0.6) is 0 Å². The zero-order chi connectivity index (χ0) is 12.8. The van der Waals surface area contributed by atoms with E-state index in [2.05, 4.69) is 31.3 Å². The molecular weight excluding hydrogens is 212 g/mol. The molecule has 0 heterocycles. The number of hydrazone groups is 1. The first-order chi connectivity index (χ1) is 7.79. The first kappa shape index (κ1) is 12.6. The maximum Gasteiger partial charge on any atom is 0.242 e. The van der Waals surface area contributed by atoms with E-state index in [4.69, 9.17) is 0 Å². The smallest absolute Gasteiger partial charge is 0.242 e. The topological polar surface area (TPSA) is 41.5 Å². The van der Waals surface area contributed by atoms with Gasteiger partial charge in [0.15, 0.2) is 0 Å². The van der Waals surface area contributed by atoms with Crippen LogP contribution in [-0.2, 0) is 4.79 Å².